The van der Waals surface area contributed by atoms with Gasteiger partial charge in [0.05, 0.1) is 16.5 Å². The van der Waals surface area contributed by atoms with Crippen molar-refractivity contribution in [1.29, 1.82) is 0 Å². The maximum absolute atomic E-state index is 13.2. The maximum Gasteiger partial charge on any atom is 0.397 e. The van der Waals surface area contributed by atoms with Crippen LogP contribution in [0.1, 0.15) is 103 Å². The Hall–Kier alpha value is -1.000. The molecule has 0 saturated heterocycles. The van der Waals surface area contributed by atoms with Crippen LogP contribution in [0.4, 0.5) is 0 Å². The first-order chi connectivity index (χ1) is 18.7. The van der Waals surface area contributed by atoms with Crippen LogP contribution in [0.15, 0.2) is 12.1 Å². The third-order valence-electron chi connectivity index (χ3n) is 11.7. The fourth-order valence-corrected chi connectivity index (χ4v) is 11.5. The molecule has 4 aliphatic carbocycles. The van der Waals surface area contributed by atoms with Gasteiger partial charge in [0.15, 0.2) is 0 Å². The molecular formula is C30H44ClNO6S2. The first-order valence-electron chi connectivity index (χ1n) is 15.0. The molecular weight excluding hydrogens is 570 g/mol. The minimum atomic E-state index is -4.62. The Balaban J connectivity index is 1.34. The molecule has 1 heterocycles. The van der Waals surface area contributed by atoms with Gasteiger partial charge in [-0.2, -0.15) is 8.42 Å². The molecule has 1 unspecified atom stereocenters. The van der Waals surface area contributed by atoms with Crippen molar-refractivity contribution in [3.63, 3.8) is 0 Å². The zero-order valence-corrected chi connectivity index (χ0v) is 26.4. The van der Waals surface area contributed by atoms with Crippen molar-refractivity contribution in [2.75, 3.05) is 0 Å². The van der Waals surface area contributed by atoms with E-state index in [1.54, 1.807) is 0 Å². The number of hydrogen-bond acceptors (Lipinski definition) is 6. The lowest BCUT2D eigenvalue weighted by atomic mass is 9.44. The smallest absolute Gasteiger partial charge is 0.348 e. The summed E-state index contributed by atoms with van der Waals surface area (Å²) in [5.41, 5.74) is -0.0662. The number of fused-ring (bicyclic) bond motifs is 5. The van der Waals surface area contributed by atoms with Gasteiger partial charge in [-0.05, 0) is 103 Å². The highest BCUT2D eigenvalue weighted by atomic mass is 35.5. The average Bonchev–Trinajstić information content (AvgIpc) is 3.45. The van der Waals surface area contributed by atoms with Crippen LogP contribution < -0.4 is 5.32 Å². The van der Waals surface area contributed by atoms with Crippen LogP contribution in [0, 0.1) is 46.3 Å². The largest absolute Gasteiger partial charge is 0.397 e. The Kier molecular flexibility index (Phi) is 8.57. The number of rotatable bonds is 8. The van der Waals surface area contributed by atoms with Gasteiger partial charge in [0.1, 0.15) is 5.78 Å². The normalized spacial score (nSPS) is 39.1. The number of hydrogen-bond donors (Lipinski definition) is 2. The topological polar surface area (TPSA) is 110 Å². The third kappa shape index (κ3) is 5.67. The molecule has 0 aliphatic heterocycles. The molecule has 224 valence electrons. The summed E-state index contributed by atoms with van der Waals surface area (Å²) in [6, 6.07) is 3.80. The summed E-state index contributed by atoms with van der Waals surface area (Å²) in [4.78, 5) is 26.6. The van der Waals surface area contributed by atoms with Crippen molar-refractivity contribution in [2.45, 2.75) is 104 Å². The molecule has 1 aromatic rings. The highest BCUT2D eigenvalue weighted by Gasteiger charge is 2.64. The van der Waals surface area contributed by atoms with Crippen molar-refractivity contribution in [1.82, 2.24) is 5.32 Å². The van der Waals surface area contributed by atoms with Crippen molar-refractivity contribution >= 4 is 45.0 Å². The quantitative estimate of drug-likeness (QED) is 0.305. The Bertz CT molecular complexity index is 1230. The maximum atomic E-state index is 13.2. The first-order valence-corrected chi connectivity index (χ1v) is 17.5. The molecule has 2 N–H and O–H groups in total. The van der Waals surface area contributed by atoms with E-state index >= 15 is 0 Å². The Morgan fingerprint density at radius 3 is 2.58 bits per heavy atom. The molecule has 10 heteroatoms. The predicted octanol–water partition coefficient (Wildman–Crippen LogP) is 7.02. The molecule has 7 nitrogen and oxygen atoms in total. The molecule has 0 aromatic carbocycles. The van der Waals surface area contributed by atoms with E-state index in [9.17, 15) is 22.6 Å². The van der Waals surface area contributed by atoms with E-state index in [2.05, 4.69) is 33.0 Å². The van der Waals surface area contributed by atoms with Crippen molar-refractivity contribution < 1.29 is 26.7 Å². The van der Waals surface area contributed by atoms with Crippen LogP contribution in [0.5, 0.6) is 0 Å². The summed E-state index contributed by atoms with van der Waals surface area (Å²) >= 11 is 7.63. The highest BCUT2D eigenvalue weighted by Crippen LogP contribution is 2.68. The summed E-state index contributed by atoms with van der Waals surface area (Å²) in [5, 5.41) is 3.22. The van der Waals surface area contributed by atoms with E-state index in [-0.39, 0.29) is 58.2 Å². The standard InChI is InChI=1S/C30H44ClNO6S2/c1-5-23(25-8-9-26(31)39-25)32-27(34)14-17(2)20-6-7-21-28-22(11-13-30(20,21)4)29(3)12-10-19(33)15-18(29)16-24(28)38-40(35,36)37/h8-9,17-18,20-24,28H,5-7,10-16H2,1-4H3,(H,32,34)(H,35,36,37)/t17-,18+,20?,21+,22+,23+,24-,28+,29+,30-/m1/s1. The second-order valence-electron chi connectivity index (χ2n) is 13.6. The van der Waals surface area contributed by atoms with E-state index in [1.807, 2.05) is 12.1 Å². The summed E-state index contributed by atoms with van der Waals surface area (Å²) in [6.07, 6.45) is 6.95. The van der Waals surface area contributed by atoms with Gasteiger partial charge in [0.2, 0.25) is 5.91 Å². The number of ketones is 1. The minimum Gasteiger partial charge on any atom is -0.348 e. The molecule has 4 aliphatic rings. The van der Waals surface area contributed by atoms with Crippen molar-refractivity contribution in [3.8, 4) is 0 Å². The van der Waals surface area contributed by atoms with Crippen molar-refractivity contribution in [2.24, 2.45) is 46.3 Å². The molecule has 5 rings (SSSR count). The predicted molar refractivity (Wildman–Crippen MR) is 156 cm³/mol. The molecule has 4 fully saturated rings. The van der Waals surface area contributed by atoms with E-state index in [0.717, 1.165) is 47.7 Å². The molecule has 1 aromatic heterocycles. The first kappa shape index (κ1) is 30.5. The van der Waals surface area contributed by atoms with Gasteiger partial charge < -0.3 is 5.32 Å². The van der Waals surface area contributed by atoms with Crippen LogP contribution in [0.3, 0.4) is 0 Å². The number of carbonyl (C=O) groups excluding carboxylic acids is 2. The van der Waals surface area contributed by atoms with Crippen molar-refractivity contribution in [3.05, 3.63) is 21.3 Å². The molecule has 40 heavy (non-hydrogen) atoms. The Labute approximate surface area is 248 Å². The van der Waals surface area contributed by atoms with Gasteiger partial charge in [-0.25, -0.2) is 4.18 Å². The summed E-state index contributed by atoms with van der Waals surface area (Å²) in [6.45, 7) is 8.89. The fourth-order valence-electron chi connectivity index (χ4n) is 9.80. The van der Waals surface area contributed by atoms with E-state index < -0.39 is 16.5 Å². The second kappa shape index (κ2) is 11.3. The van der Waals surface area contributed by atoms with Gasteiger partial charge >= 0.3 is 10.4 Å². The van der Waals surface area contributed by atoms with Crippen LogP contribution >= 0.6 is 22.9 Å². The van der Waals surface area contributed by atoms with E-state index in [0.29, 0.717) is 31.6 Å². The number of Topliss-reactive ketones (excluding diaryl/α,β-unsaturated/α-hetero) is 1. The minimum absolute atomic E-state index is 0.00852. The number of halogens is 1. The van der Waals surface area contributed by atoms with E-state index in [1.165, 1.54) is 11.3 Å². The number of carbonyl (C=O) groups is 2. The molecule has 10 atom stereocenters. The SMILES string of the molecule is CC[C@H](NC(=O)C[C@@H](C)C1CC[C@H]2[C@@H]3[C@H](OS(=O)(=O)O)C[C@@H]4CC(=O)CC[C@]4(C)[C@H]3CC[C@]12C)c1ccc(Cl)s1. The van der Waals surface area contributed by atoms with Crippen LogP contribution in [0.25, 0.3) is 0 Å². The Morgan fingerprint density at radius 2 is 1.93 bits per heavy atom. The summed E-state index contributed by atoms with van der Waals surface area (Å²) in [7, 11) is -4.62. The lowest BCUT2D eigenvalue weighted by Crippen LogP contribution is -2.59. The van der Waals surface area contributed by atoms with Gasteiger partial charge in [-0.3, -0.25) is 14.1 Å². The average molecular weight is 614 g/mol. The lowest BCUT2D eigenvalue weighted by molar-refractivity contribution is -0.164. The highest BCUT2D eigenvalue weighted by molar-refractivity contribution is 7.80. The number of amides is 1. The number of nitrogens with one attached hydrogen (secondary N) is 1. The number of thiophene rings is 1. The van der Waals surface area contributed by atoms with Crippen LogP contribution in [0.2, 0.25) is 4.34 Å². The Morgan fingerprint density at radius 1 is 1.20 bits per heavy atom. The zero-order chi connectivity index (χ0) is 29.0. The molecule has 0 spiro atoms. The van der Waals surface area contributed by atoms with Gasteiger partial charge in [0.25, 0.3) is 0 Å². The second-order valence-corrected chi connectivity index (χ2v) is 16.4. The van der Waals surface area contributed by atoms with E-state index in [4.69, 9.17) is 15.8 Å². The molecule has 0 radical (unpaired) electrons. The third-order valence-corrected chi connectivity index (χ3v) is 13.5. The van der Waals surface area contributed by atoms with Gasteiger partial charge in [-0.15, -0.1) is 11.3 Å². The van der Waals surface area contributed by atoms with Crippen LogP contribution in [-0.2, 0) is 24.2 Å². The zero-order valence-electron chi connectivity index (χ0n) is 24.0. The fraction of sp³-hybridized carbons (Fsp3) is 0.800. The van der Waals surface area contributed by atoms with Crippen LogP contribution in [-0.4, -0.2) is 30.8 Å². The van der Waals surface area contributed by atoms with Gasteiger partial charge in [0, 0.05) is 24.1 Å². The summed E-state index contributed by atoms with van der Waals surface area (Å²) < 4.78 is 39.8. The molecule has 0 bridgehead atoms. The monoisotopic (exact) mass is 613 g/mol. The van der Waals surface area contributed by atoms with Gasteiger partial charge in [-0.1, -0.05) is 39.3 Å². The molecule has 1 amide bonds. The summed E-state index contributed by atoms with van der Waals surface area (Å²) in [5.74, 6) is 1.40. The molecule has 4 saturated carbocycles. The lowest BCUT2D eigenvalue weighted by Gasteiger charge is -2.62.